The summed E-state index contributed by atoms with van der Waals surface area (Å²) in [6.45, 7) is 14.7. The topological polar surface area (TPSA) is 128 Å². The molecule has 0 aromatic heterocycles. The van der Waals surface area contributed by atoms with Gasteiger partial charge >= 0.3 is 0 Å². The molecular formula is C18H37N2O6-. The summed E-state index contributed by atoms with van der Waals surface area (Å²) in [6, 6.07) is 0. The summed E-state index contributed by atoms with van der Waals surface area (Å²) < 4.78 is 0. The minimum atomic E-state index is -1.19. The average molecular weight is 378 g/mol. The molecule has 0 aromatic rings. The second kappa shape index (κ2) is 15.1. The summed E-state index contributed by atoms with van der Waals surface area (Å²) in [5.41, 5.74) is 0.0648. The van der Waals surface area contributed by atoms with Crippen molar-refractivity contribution in [1.82, 2.24) is 9.80 Å². The number of hydrogen-bond acceptors (Lipinski definition) is 8. The lowest BCUT2D eigenvalue weighted by Gasteiger charge is -2.30. The fraction of sp³-hybridized carbons (Fsp3) is 0.833. The highest BCUT2D eigenvalue weighted by Crippen LogP contribution is 2.00. The van der Waals surface area contributed by atoms with Crippen LogP contribution in [0.15, 0.2) is 12.2 Å². The van der Waals surface area contributed by atoms with Gasteiger partial charge in [-0.1, -0.05) is 6.58 Å². The van der Waals surface area contributed by atoms with Gasteiger partial charge in [0.1, 0.15) is 0 Å². The van der Waals surface area contributed by atoms with Crippen molar-refractivity contribution in [2.75, 3.05) is 39.3 Å². The molecule has 0 saturated heterocycles. The number of aliphatic carboxylic acids is 1. The number of carboxylic acids is 1. The maximum atomic E-state index is 9.49. The second-order valence-electron chi connectivity index (χ2n) is 6.98. The van der Waals surface area contributed by atoms with E-state index in [0.717, 1.165) is 0 Å². The summed E-state index contributed by atoms with van der Waals surface area (Å²) in [5, 5.41) is 47.4. The smallest absolute Gasteiger partial charge is 0.0666 e. The third-order valence-electron chi connectivity index (χ3n) is 3.17. The van der Waals surface area contributed by atoms with Crippen LogP contribution < -0.4 is 5.11 Å². The van der Waals surface area contributed by atoms with Crippen LogP contribution in [0.2, 0.25) is 0 Å². The van der Waals surface area contributed by atoms with Crippen molar-refractivity contribution in [3.8, 4) is 0 Å². The zero-order valence-corrected chi connectivity index (χ0v) is 16.8. The second-order valence-corrected chi connectivity index (χ2v) is 6.98. The van der Waals surface area contributed by atoms with Gasteiger partial charge in [0.05, 0.1) is 30.4 Å². The van der Waals surface area contributed by atoms with Crippen LogP contribution in [-0.2, 0) is 4.79 Å². The Labute approximate surface area is 157 Å². The van der Waals surface area contributed by atoms with E-state index < -0.39 is 30.4 Å². The van der Waals surface area contributed by atoms with Crippen molar-refractivity contribution in [1.29, 1.82) is 0 Å². The third kappa shape index (κ3) is 19.3. The first-order valence-electron chi connectivity index (χ1n) is 8.88. The van der Waals surface area contributed by atoms with Gasteiger partial charge in [0.25, 0.3) is 0 Å². The number of aliphatic hydroxyl groups excluding tert-OH is 4. The number of carbonyl (C=O) groups is 1. The molecule has 0 bridgehead atoms. The van der Waals surface area contributed by atoms with E-state index in [1.165, 1.54) is 6.92 Å². The van der Waals surface area contributed by atoms with Crippen molar-refractivity contribution >= 4 is 5.97 Å². The number of hydrogen-bond donors (Lipinski definition) is 4. The Balaban J connectivity index is 0. The zero-order chi connectivity index (χ0) is 20.9. The lowest BCUT2D eigenvalue weighted by molar-refractivity contribution is -0.299. The van der Waals surface area contributed by atoms with E-state index in [1.54, 1.807) is 27.7 Å². The molecule has 4 atom stereocenters. The summed E-state index contributed by atoms with van der Waals surface area (Å²) in [5.74, 6) is -1.19. The molecule has 0 saturated carbocycles. The Morgan fingerprint density at radius 1 is 0.808 bits per heavy atom. The highest BCUT2D eigenvalue weighted by molar-refractivity contribution is 5.82. The first-order chi connectivity index (χ1) is 11.8. The Kier molecular flexibility index (Phi) is 15.8. The molecule has 0 amide bonds. The molecular weight excluding hydrogens is 340 g/mol. The molecule has 156 valence electrons. The average Bonchev–Trinajstić information content (AvgIpc) is 2.42. The van der Waals surface area contributed by atoms with Crippen LogP contribution in [-0.4, -0.2) is 99.9 Å². The molecule has 0 aliphatic rings. The summed E-state index contributed by atoms with van der Waals surface area (Å²) in [7, 11) is 0. The monoisotopic (exact) mass is 377 g/mol. The maximum absolute atomic E-state index is 9.49. The summed E-state index contributed by atoms with van der Waals surface area (Å²) >= 11 is 0. The first-order valence-corrected chi connectivity index (χ1v) is 8.88. The Bertz CT molecular complexity index is 330. The van der Waals surface area contributed by atoms with Gasteiger partial charge in [-0.05, 0) is 40.2 Å². The highest BCUT2D eigenvalue weighted by atomic mass is 16.4. The highest BCUT2D eigenvalue weighted by Gasteiger charge is 2.15. The molecule has 26 heavy (non-hydrogen) atoms. The summed E-state index contributed by atoms with van der Waals surface area (Å²) in [6.07, 6.45) is -1.79. The van der Waals surface area contributed by atoms with Gasteiger partial charge in [-0.3, -0.25) is 9.80 Å². The van der Waals surface area contributed by atoms with Crippen molar-refractivity contribution in [2.45, 2.75) is 59.0 Å². The van der Waals surface area contributed by atoms with Gasteiger partial charge < -0.3 is 30.3 Å². The van der Waals surface area contributed by atoms with Crippen molar-refractivity contribution in [3.63, 3.8) is 0 Å². The largest absolute Gasteiger partial charge is 0.545 e. The van der Waals surface area contributed by atoms with Crippen LogP contribution in [0.1, 0.15) is 34.6 Å². The van der Waals surface area contributed by atoms with Crippen LogP contribution in [0.4, 0.5) is 0 Å². The fourth-order valence-electron chi connectivity index (χ4n) is 2.29. The van der Waals surface area contributed by atoms with E-state index >= 15 is 0 Å². The molecule has 8 heteroatoms. The van der Waals surface area contributed by atoms with Crippen LogP contribution >= 0.6 is 0 Å². The number of rotatable bonds is 12. The van der Waals surface area contributed by atoms with E-state index in [4.69, 9.17) is 0 Å². The SMILES string of the molecule is C=C(C)C(=O)[O-].CC(O)CN(CCN(CC(C)O)CC(C)O)CC(C)O. The van der Waals surface area contributed by atoms with Gasteiger partial charge in [-0.2, -0.15) is 0 Å². The van der Waals surface area contributed by atoms with E-state index in [-0.39, 0.29) is 5.57 Å². The molecule has 0 fully saturated rings. The van der Waals surface area contributed by atoms with Gasteiger partial charge in [0, 0.05) is 39.3 Å². The normalized spacial score (nSPS) is 15.8. The lowest BCUT2D eigenvalue weighted by Crippen LogP contribution is -2.44. The Hall–Kier alpha value is -1.03. The van der Waals surface area contributed by atoms with Crippen LogP contribution in [0.5, 0.6) is 0 Å². The van der Waals surface area contributed by atoms with Crippen LogP contribution in [0.25, 0.3) is 0 Å². The molecule has 0 spiro atoms. The first kappa shape index (κ1) is 27.2. The number of carboxylic acid groups (broad SMARTS) is 1. The maximum Gasteiger partial charge on any atom is 0.0666 e. The zero-order valence-electron chi connectivity index (χ0n) is 16.8. The number of nitrogens with zero attached hydrogens (tertiary/aromatic N) is 2. The van der Waals surface area contributed by atoms with Crippen molar-refractivity contribution in [3.05, 3.63) is 12.2 Å². The van der Waals surface area contributed by atoms with Crippen LogP contribution in [0.3, 0.4) is 0 Å². The standard InChI is InChI=1S/C14H32N2O4.C4H6O2/c1-11(17)7-15(8-12(2)18)5-6-16(9-13(3)19)10-14(4)20;1-3(2)4(5)6/h11-14,17-20H,5-10H2,1-4H3;1H2,2H3,(H,5,6)/p-1. The van der Waals surface area contributed by atoms with Crippen molar-refractivity contribution in [2.24, 2.45) is 0 Å². The summed E-state index contributed by atoms with van der Waals surface area (Å²) in [4.78, 5) is 13.5. The molecule has 0 aliphatic heterocycles. The van der Waals surface area contributed by atoms with E-state index in [1.807, 2.05) is 9.80 Å². The quantitative estimate of drug-likeness (QED) is 0.300. The number of carbonyl (C=O) groups excluding carboxylic acids is 1. The van der Waals surface area contributed by atoms with E-state index in [0.29, 0.717) is 39.3 Å². The van der Waals surface area contributed by atoms with Crippen molar-refractivity contribution < 1.29 is 30.3 Å². The van der Waals surface area contributed by atoms with Gasteiger partial charge in [0.2, 0.25) is 0 Å². The van der Waals surface area contributed by atoms with E-state index in [2.05, 4.69) is 6.58 Å². The molecule has 0 radical (unpaired) electrons. The Morgan fingerprint density at radius 3 is 1.12 bits per heavy atom. The fourth-order valence-corrected chi connectivity index (χ4v) is 2.29. The molecule has 0 rings (SSSR count). The lowest BCUT2D eigenvalue weighted by atomic mass is 10.2. The minimum absolute atomic E-state index is 0.0648. The van der Waals surface area contributed by atoms with Crippen LogP contribution in [0, 0.1) is 0 Å². The molecule has 4 N–H and O–H groups in total. The van der Waals surface area contributed by atoms with Gasteiger partial charge in [-0.15, -0.1) is 0 Å². The number of aliphatic hydroxyl groups is 4. The minimum Gasteiger partial charge on any atom is -0.545 e. The molecule has 4 unspecified atom stereocenters. The van der Waals surface area contributed by atoms with Gasteiger partial charge in [0.15, 0.2) is 0 Å². The Morgan fingerprint density at radius 2 is 1.00 bits per heavy atom. The molecule has 8 nitrogen and oxygen atoms in total. The van der Waals surface area contributed by atoms with E-state index in [9.17, 15) is 30.3 Å². The predicted octanol–water partition coefficient (Wildman–Crippen LogP) is -1.57. The molecule has 0 aromatic carbocycles. The van der Waals surface area contributed by atoms with Gasteiger partial charge in [-0.25, -0.2) is 0 Å². The third-order valence-corrected chi connectivity index (χ3v) is 3.17. The molecule has 0 heterocycles. The molecule has 0 aliphatic carbocycles. The predicted molar refractivity (Wildman–Crippen MR) is 99.4 cm³/mol.